The Morgan fingerprint density at radius 2 is 2.44 bits per heavy atom. The highest BCUT2D eigenvalue weighted by Crippen LogP contribution is 2.15. The Morgan fingerprint density at radius 1 is 1.62 bits per heavy atom. The molecule has 0 aliphatic carbocycles. The van der Waals surface area contributed by atoms with Crippen LogP contribution in [0.15, 0.2) is 10.7 Å². The molecule has 0 aliphatic rings. The first-order valence-electron chi connectivity index (χ1n) is 4.84. The quantitative estimate of drug-likeness (QED) is 0.803. The number of hydrogen-bond acceptors (Lipinski definition) is 5. The fourth-order valence-electron chi connectivity index (χ4n) is 1.39. The van der Waals surface area contributed by atoms with Crippen LogP contribution in [0.3, 0.4) is 0 Å². The lowest BCUT2D eigenvalue weighted by atomic mass is 10.1. The predicted octanol–water partition coefficient (Wildman–Crippen LogP) is 0.916. The van der Waals surface area contributed by atoms with Crippen molar-refractivity contribution in [3.8, 4) is 0 Å². The monoisotopic (exact) mass is 221 g/mol. The van der Waals surface area contributed by atoms with Crippen LogP contribution in [0.25, 0.3) is 0 Å². The minimum absolute atomic E-state index is 0.287. The standard InChI is InChI=1S/C9H11N5O2/c1-3-6-8(5(2)16-13-6)9(15)11-7-4-10-14-12-7/h4H,3H2,1-2H3,(H2,10,11,12,14,15). The van der Waals surface area contributed by atoms with Crippen LogP contribution in [0.2, 0.25) is 0 Å². The smallest absolute Gasteiger partial charge is 0.262 e. The lowest BCUT2D eigenvalue weighted by Gasteiger charge is -2.00. The first-order chi connectivity index (χ1) is 7.72. The molecule has 16 heavy (non-hydrogen) atoms. The molecular weight excluding hydrogens is 210 g/mol. The molecule has 7 nitrogen and oxygen atoms in total. The van der Waals surface area contributed by atoms with Gasteiger partial charge in [0.05, 0.1) is 11.9 Å². The van der Waals surface area contributed by atoms with Gasteiger partial charge in [0.1, 0.15) is 11.3 Å². The van der Waals surface area contributed by atoms with Gasteiger partial charge in [-0.15, -0.1) is 5.10 Å². The third-order valence-corrected chi connectivity index (χ3v) is 2.15. The molecule has 0 unspecified atom stereocenters. The molecule has 2 rings (SSSR count). The maximum Gasteiger partial charge on any atom is 0.262 e. The molecule has 0 saturated carbocycles. The molecule has 0 atom stereocenters. The Hall–Kier alpha value is -2.18. The molecule has 2 aromatic rings. The van der Waals surface area contributed by atoms with Gasteiger partial charge >= 0.3 is 0 Å². The second-order valence-corrected chi connectivity index (χ2v) is 3.22. The van der Waals surface area contributed by atoms with Crippen LogP contribution in [-0.2, 0) is 6.42 Å². The summed E-state index contributed by atoms with van der Waals surface area (Å²) >= 11 is 0. The molecule has 0 fully saturated rings. The zero-order valence-electron chi connectivity index (χ0n) is 8.94. The molecule has 0 saturated heterocycles. The van der Waals surface area contributed by atoms with E-state index in [1.165, 1.54) is 6.20 Å². The molecule has 0 bridgehead atoms. The Balaban J connectivity index is 2.23. The van der Waals surface area contributed by atoms with Crippen LogP contribution in [0.1, 0.15) is 28.7 Å². The molecule has 0 aliphatic heterocycles. The minimum Gasteiger partial charge on any atom is -0.361 e. The molecule has 0 spiro atoms. The number of rotatable bonds is 3. The highest BCUT2D eigenvalue weighted by atomic mass is 16.5. The average Bonchev–Trinajstić information content (AvgIpc) is 2.87. The largest absolute Gasteiger partial charge is 0.361 e. The summed E-state index contributed by atoms with van der Waals surface area (Å²) in [6, 6.07) is 0. The van der Waals surface area contributed by atoms with Crippen molar-refractivity contribution in [2.24, 2.45) is 0 Å². The molecular formula is C9H11N5O2. The van der Waals surface area contributed by atoms with Gasteiger partial charge < -0.3 is 9.84 Å². The number of aryl methyl sites for hydroxylation is 2. The van der Waals surface area contributed by atoms with Crippen molar-refractivity contribution in [2.45, 2.75) is 20.3 Å². The maximum absolute atomic E-state index is 11.9. The Bertz CT molecular complexity index is 488. The van der Waals surface area contributed by atoms with E-state index in [0.29, 0.717) is 29.3 Å². The maximum atomic E-state index is 11.9. The van der Waals surface area contributed by atoms with Gasteiger partial charge in [0.15, 0.2) is 5.82 Å². The van der Waals surface area contributed by atoms with E-state index in [1.54, 1.807) is 6.92 Å². The number of anilines is 1. The predicted molar refractivity (Wildman–Crippen MR) is 55.0 cm³/mol. The molecule has 2 aromatic heterocycles. The van der Waals surface area contributed by atoms with Crippen molar-refractivity contribution in [1.29, 1.82) is 0 Å². The van der Waals surface area contributed by atoms with Crippen molar-refractivity contribution in [3.05, 3.63) is 23.2 Å². The van der Waals surface area contributed by atoms with Crippen LogP contribution < -0.4 is 5.32 Å². The van der Waals surface area contributed by atoms with Crippen LogP contribution in [0.5, 0.6) is 0 Å². The summed E-state index contributed by atoms with van der Waals surface area (Å²) in [5.74, 6) is 0.579. The summed E-state index contributed by atoms with van der Waals surface area (Å²) in [5.41, 5.74) is 1.10. The number of H-pyrrole nitrogens is 1. The first kappa shape index (κ1) is 10.3. The van der Waals surface area contributed by atoms with E-state index in [4.69, 9.17) is 4.52 Å². The molecule has 84 valence electrons. The molecule has 0 aromatic carbocycles. The Labute approximate surface area is 91.2 Å². The molecule has 2 N–H and O–H groups in total. The number of nitrogens with one attached hydrogen (secondary N) is 2. The van der Waals surface area contributed by atoms with Crippen molar-refractivity contribution in [2.75, 3.05) is 5.32 Å². The molecule has 0 radical (unpaired) electrons. The lowest BCUT2D eigenvalue weighted by Crippen LogP contribution is -2.14. The fourth-order valence-corrected chi connectivity index (χ4v) is 1.39. The first-order valence-corrected chi connectivity index (χ1v) is 4.84. The zero-order valence-corrected chi connectivity index (χ0v) is 8.94. The molecule has 1 amide bonds. The van der Waals surface area contributed by atoms with Crippen molar-refractivity contribution < 1.29 is 9.32 Å². The van der Waals surface area contributed by atoms with Gasteiger partial charge in [-0.2, -0.15) is 10.3 Å². The third kappa shape index (κ3) is 1.79. The second kappa shape index (κ2) is 4.13. The summed E-state index contributed by atoms with van der Waals surface area (Å²) in [7, 11) is 0. The number of aromatic amines is 1. The van der Waals surface area contributed by atoms with Crippen LogP contribution in [0, 0.1) is 6.92 Å². The Kier molecular flexibility index (Phi) is 2.67. The minimum atomic E-state index is -0.287. The van der Waals surface area contributed by atoms with Crippen molar-refractivity contribution in [1.82, 2.24) is 20.6 Å². The number of carbonyl (C=O) groups excluding carboxylic acids is 1. The highest BCUT2D eigenvalue weighted by molar-refractivity contribution is 6.05. The zero-order chi connectivity index (χ0) is 11.5. The third-order valence-electron chi connectivity index (χ3n) is 2.15. The second-order valence-electron chi connectivity index (χ2n) is 3.22. The number of amides is 1. The van der Waals surface area contributed by atoms with E-state index >= 15 is 0 Å². The van der Waals surface area contributed by atoms with E-state index < -0.39 is 0 Å². The molecule has 7 heteroatoms. The summed E-state index contributed by atoms with van der Waals surface area (Å²) in [6.07, 6.45) is 2.06. The van der Waals surface area contributed by atoms with Crippen LogP contribution in [0.4, 0.5) is 5.82 Å². The summed E-state index contributed by atoms with van der Waals surface area (Å²) in [6.45, 7) is 3.61. The number of hydrogen-bond donors (Lipinski definition) is 2. The number of nitrogens with zero attached hydrogens (tertiary/aromatic N) is 3. The van der Waals surface area contributed by atoms with E-state index in [0.717, 1.165) is 0 Å². The van der Waals surface area contributed by atoms with Gasteiger partial charge in [0, 0.05) is 0 Å². The Morgan fingerprint density at radius 3 is 3.06 bits per heavy atom. The van der Waals surface area contributed by atoms with Gasteiger partial charge in [-0.3, -0.25) is 4.79 Å². The topological polar surface area (TPSA) is 96.7 Å². The van der Waals surface area contributed by atoms with E-state index in [-0.39, 0.29) is 5.91 Å². The number of carbonyl (C=O) groups is 1. The molecule has 2 heterocycles. The summed E-state index contributed by atoms with van der Waals surface area (Å²) in [5, 5.41) is 16.1. The van der Waals surface area contributed by atoms with Crippen LogP contribution >= 0.6 is 0 Å². The highest BCUT2D eigenvalue weighted by Gasteiger charge is 2.19. The number of aromatic nitrogens is 4. The normalized spacial score (nSPS) is 10.4. The van der Waals surface area contributed by atoms with Gasteiger partial charge in [-0.1, -0.05) is 12.1 Å². The summed E-state index contributed by atoms with van der Waals surface area (Å²) in [4.78, 5) is 11.9. The van der Waals surface area contributed by atoms with E-state index in [1.807, 2.05) is 6.92 Å². The average molecular weight is 221 g/mol. The SMILES string of the molecule is CCc1noc(C)c1C(=O)Nc1cn[nH]n1. The van der Waals surface area contributed by atoms with Crippen molar-refractivity contribution in [3.63, 3.8) is 0 Å². The van der Waals surface area contributed by atoms with Gasteiger partial charge in [-0.25, -0.2) is 0 Å². The lowest BCUT2D eigenvalue weighted by molar-refractivity contribution is 0.102. The summed E-state index contributed by atoms with van der Waals surface area (Å²) < 4.78 is 4.97. The van der Waals surface area contributed by atoms with E-state index in [9.17, 15) is 4.79 Å². The van der Waals surface area contributed by atoms with Gasteiger partial charge in [-0.05, 0) is 13.3 Å². The van der Waals surface area contributed by atoms with Crippen LogP contribution in [-0.4, -0.2) is 26.5 Å². The fraction of sp³-hybridized carbons (Fsp3) is 0.333. The van der Waals surface area contributed by atoms with Gasteiger partial charge in [0.25, 0.3) is 5.91 Å². The van der Waals surface area contributed by atoms with Gasteiger partial charge in [0.2, 0.25) is 0 Å². The van der Waals surface area contributed by atoms with E-state index in [2.05, 4.69) is 25.9 Å². The van der Waals surface area contributed by atoms with Crippen molar-refractivity contribution >= 4 is 11.7 Å².